The number of allylic oxidation sites excluding steroid dienone is 1. The fourth-order valence-corrected chi connectivity index (χ4v) is 2.95. The van der Waals surface area contributed by atoms with Crippen LogP contribution in [0.4, 0.5) is 16.2 Å². The number of dihydropyridines is 1. The maximum atomic E-state index is 12.7. The summed E-state index contributed by atoms with van der Waals surface area (Å²) in [5.74, 6) is -0.247. The second-order valence-electron chi connectivity index (χ2n) is 5.73. The molecule has 0 saturated carbocycles. The molecule has 1 fully saturated rings. The van der Waals surface area contributed by atoms with E-state index < -0.39 is 6.04 Å². The summed E-state index contributed by atoms with van der Waals surface area (Å²) in [5.41, 5.74) is 2.66. The first kappa shape index (κ1) is 15.3. The van der Waals surface area contributed by atoms with Gasteiger partial charge in [-0.3, -0.25) is 9.79 Å². The van der Waals surface area contributed by atoms with Crippen LogP contribution in [0.15, 0.2) is 40.9 Å². The highest BCUT2D eigenvalue weighted by Gasteiger charge is 2.42. The molecule has 1 saturated heterocycles. The molecule has 1 unspecified atom stereocenters. The summed E-state index contributed by atoms with van der Waals surface area (Å²) in [6.45, 7) is 2.71. The van der Waals surface area contributed by atoms with E-state index in [1.165, 1.54) is 4.90 Å². The minimum Gasteiger partial charge on any atom is -0.388 e. The Hall–Kier alpha value is -2.63. The molecule has 6 heteroatoms. The number of hydrogen-bond donors (Lipinski definition) is 2. The first-order chi connectivity index (χ1) is 11.1. The van der Waals surface area contributed by atoms with Gasteiger partial charge in [0.1, 0.15) is 6.04 Å². The van der Waals surface area contributed by atoms with E-state index in [0.29, 0.717) is 5.69 Å². The van der Waals surface area contributed by atoms with Gasteiger partial charge >= 0.3 is 6.03 Å². The molecule has 6 nitrogen and oxygen atoms in total. The molecule has 1 aromatic carbocycles. The van der Waals surface area contributed by atoms with Gasteiger partial charge in [0.2, 0.25) is 0 Å². The monoisotopic (exact) mass is 312 g/mol. The van der Waals surface area contributed by atoms with Crippen LogP contribution in [0.1, 0.15) is 13.3 Å². The third-order valence-corrected chi connectivity index (χ3v) is 4.39. The number of hydrogen-bond acceptors (Lipinski definition) is 4. The zero-order valence-corrected chi connectivity index (χ0v) is 13.2. The summed E-state index contributed by atoms with van der Waals surface area (Å²) >= 11 is 0. The van der Waals surface area contributed by atoms with Crippen molar-refractivity contribution in [1.82, 2.24) is 5.32 Å². The third kappa shape index (κ3) is 2.84. The van der Waals surface area contributed by atoms with Crippen molar-refractivity contribution in [3.05, 3.63) is 35.9 Å². The Balaban J connectivity index is 1.81. The number of benzene rings is 1. The third-order valence-electron chi connectivity index (χ3n) is 4.39. The Morgan fingerprint density at radius 1 is 1.30 bits per heavy atom. The number of amides is 3. The van der Waals surface area contributed by atoms with Crippen LogP contribution in [0.25, 0.3) is 0 Å². The van der Waals surface area contributed by atoms with Gasteiger partial charge in [-0.2, -0.15) is 0 Å². The van der Waals surface area contributed by atoms with E-state index in [9.17, 15) is 9.59 Å². The van der Waals surface area contributed by atoms with Crippen molar-refractivity contribution in [1.29, 1.82) is 0 Å². The highest BCUT2D eigenvalue weighted by Crippen LogP contribution is 2.28. The number of carbonyl (C=O) groups excluding carboxylic acids is 2. The lowest BCUT2D eigenvalue weighted by Gasteiger charge is -2.21. The van der Waals surface area contributed by atoms with E-state index in [2.05, 4.69) is 15.6 Å². The van der Waals surface area contributed by atoms with E-state index in [-0.39, 0.29) is 17.9 Å². The molecule has 1 aromatic rings. The SMILES string of the molecule is CNc1ccc(N2C(=O)NC([C@H](C)C3=CC=NCC3)C2=O)cc1. The molecule has 2 aliphatic heterocycles. The van der Waals surface area contributed by atoms with Crippen LogP contribution < -0.4 is 15.5 Å². The van der Waals surface area contributed by atoms with Crippen LogP contribution in [-0.2, 0) is 4.79 Å². The van der Waals surface area contributed by atoms with Gasteiger partial charge in [-0.15, -0.1) is 0 Å². The minimum atomic E-state index is -0.524. The number of rotatable bonds is 4. The minimum absolute atomic E-state index is 0.0419. The number of anilines is 2. The topological polar surface area (TPSA) is 73.8 Å². The average Bonchev–Trinajstić information content (AvgIpc) is 2.89. The van der Waals surface area contributed by atoms with Crippen LogP contribution in [0.5, 0.6) is 0 Å². The Kier molecular flexibility index (Phi) is 4.14. The lowest BCUT2D eigenvalue weighted by molar-refractivity contribution is -0.119. The first-order valence-electron chi connectivity index (χ1n) is 7.73. The van der Waals surface area contributed by atoms with Gasteiger partial charge < -0.3 is 10.6 Å². The molecular formula is C17H20N4O2. The first-order valence-corrected chi connectivity index (χ1v) is 7.73. The van der Waals surface area contributed by atoms with E-state index >= 15 is 0 Å². The van der Waals surface area contributed by atoms with Crippen LogP contribution in [0.2, 0.25) is 0 Å². The molecule has 2 atom stereocenters. The Labute approximate surface area is 135 Å². The predicted octanol–water partition coefficient (Wildman–Crippen LogP) is 2.19. The molecule has 0 spiro atoms. The Morgan fingerprint density at radius 2 is 2.04 bits per heavy atom. The van der Waals surface area contributed by atoms with Crippen molar-refractivity contribution in [3.8, 4) is 0 Å². The standard InChI is InChI=1S/C17H20N4O2/c1-11(12-7-9-19-10-8-12)15-16(22)21(17(23)20-15)14-5-3-13(18-2)4-6-14/h3-7,9,11,15,18H,8,10H2,1-2H3,(H,20,23)/t11-,15?/m1/s1. The van der Waals surface area contributed by atoms with E-state index in [1.54, 1.807) is 18.3 Å². The van der Waals surface area contributed by atoms with E-state index in [4.69, 9.17) is 0 Å². The van der Waals surface area contributed by atoms with Crippen LogP contribution in [-0.4, -0.2) is 37.8 Å². The molecule has 2 N–H and O–H groups in total. The van der Waals surface area contributed by atoms with Crippen molar-refractivity contribution >= 4 is 29.5 Å². The molecule has 0 aromatic heterocycles. The molecule has 3 rings (SSSR count). The molecule has 0 radical (unpaired) electrons. The van der Waals surface area contributed by atoms with Gasteiger partial charge in [0.15, 0.2) is 0 Å². The van der Waals surface area contributed by atoms with Gasteiger partial charge in [-0.1, -0.05) is 12.5 Å². The van der Waals surface area contributed by atoms with Crippen molar-refractivity contribution in [3.63, 3.8) is 0 Å². The highest BCUT2D eigenvalue weighted by atomic mass is 16.2. The van der Waals surface area contributed by atoms with Gasteiger partial charge in [0, 0.05) is 31.4 Å². The van der Waals surface area contributed by atoms with E-state index in [0.717, 1.165) is 24.2 Å². The summed E-state index contributed by atoms with van der Waals surface area (Å²) in [5, 5.41) is 5.83. The number of imide groups is 1. The molecule has 3 amide bonds. The van der Waals surface area contributed by atoms with Gasteiger partial charge in [0.05, 0.1) is 5.69 Å². The lowest BCUT2D eigenvalue weighted by atomic mass is 9.90. The zero-order chi connectivity index (χ0) is 16.4. The molecule has 0 bridgehead atoms. The zero-order valence-electron chi connectivity index (χ0n) is 13.2. The summed E-state index contributed by atoms with van der Waals surface area (Å²) < 4.78 is 0. The van der Waals surface area contributed by atoms with Gasteiger partial charge in [0.25, 0.3) is 5.91 Å². The number of urea groups is 1. The molecule has 2 heterocycles. The molecule has 23 heavy (non-hydrogen) atoms. The number of carbonyl (C=O) groups is 2. The highest BCUT2D eigenvalue weighted by molar-refractivity contribution is 6.21. The van der Waals surface area contributed by atoms with Gasteiger partial charge in [-0.25, -0.2) is 9.69 Å². The van der Waals surface area contributed by atoms with Crippen molar-refractivity contribution < 1.29 is 9.59 Å². The smallest absolute Gasteiger partial charge is 0.329 e. The number of aliphatic imine (C=N–C) groups is 1. The molecule has 120 valence electrons. The van der Waals surface area contributed by atoms with Crippen molar-refractivity contribution in [2.24, 2.45) is 10.9 Å². The summed E-state index contributed by atoms with van der Waals surface area (Å²) in [6.07, 6.45) is 4.54. The van der Waals surface area contributed by atoms with Gasteiger partial charge in [-0.05, 0) is 36.8 Å². The largest absolute Gasteiger partial charge is 0.388 e. The van der Waals surface area contributed by atoms with Crippen LogP contribution in [0, 0.1) is 5.92 Å². The summed E-state index contributed by atoms with van der Waals surface area (Å²) in [7, 11) is 1.82. The Bertz CT molecular complexity index is 678. The fourth-order valence-electron chi connectivity index (χ4n) is 2.95. The second-order valence-corrected chi connectivity index (χ2v) is 5.73. The van der Waals surface area contributed by atoms with Crippen LogP contribution >= 0.6 is 0 Å². The summed E-state index contributed by atoms with van der Waals surface area (Å²) in [6, 6.07) is 6.32. The number of nitrogens with zero attached hydrogens (tertiary/aromatic N) is 2. The second kappa shape index (κ2) is 6.24. The maximum absolute atomic E-state index is 12.7. The van der Waals surface area contributed by atoms with Crippen molar-refractivity contribution in [2.45, 2.75) is 19.4 Å². The maximum Gasteiger partial charge on any atom is 0.329 e. The lowest BCUT2D eigenvalue weighted by Crippen LogP contribution is -2.37. The average molecular weight is 312 g/mol. The molecular weight excluding hydrogens is 292 g/mol. The van der Waals surface area contributed by atoms with Crippen LogP contribution in [0.3, 0.4) is 0 Å². The quantitative estimate of drug-likeness (QED) is 0.837. The number of nitrogens with one attached hydrogen (secondary N) is 2. The Morgan fingerprint density at radius 3 is 2.65 bits per heavy atom. The molecule has 0 aliphatic carbocycles. The predicted molar refractivity (Wildman–Crippen MR) is 91.0 cm³/mol. The normalized spacial score (nSPS) is 21.9. The molecule has 2 aliphatic rings. The summed E-state index contributed by atoms with van der Waals surface area (Å²) in [4.78, 5) is 30.4. The van der Waals surface area contributed by atoms with Crippen molar-refractivity contribution in [2.75, 3.05) is 23.8 Å². The van der Waals surface area contributed by atoms with E-state index in [1.807, 2.05) is 32.2 Å². The fraction of sp³-hybridized carbons (Fsp3) is 0.353.